The van der Waals surface area contributed by atoms with E-state index in [0.29, 0.717) is 0 Å². The van der Waals surface area contributed by atoms with Crippen LogP contribution in [0.1, 0.15) is 40.7 Å². The molecule has 3 aromatic carbocycles. The lowest BCUT2D eigenvalue weighted by Crippen LogP contribution is -2.44. The molecule has 0 saturated heterocycles. The van der Waals surface area contributed by atoms with Crippen LogP contribution in [-0.2, 0) is 24.8 Å². The quantitative estimate of drug-likeness (QED) is 0.508. The monoisotopic (exact) mass is 468 g/mol. The first kappa shape index (κ1) is 24.8. The Morgan fingerprint density at radius 2 is 1.31 bits per heavy atom. The summed E-state index contributed by atoms with van der Waals surface area (Å²) < 4.78 is 0. The van der Waals surface area contributed by atoms with Crippen LogP contribution in [0.2, 0.25) is 0 Å². The zero-order valence-electron chi connectivity index (χ0n) is 18.6. The van der Waals surface area contributed by atoms with Gasteiger partial charge in [-0.3, -0.25) is 0 Å². The zero-order valence-corrected chi connectivity index (χ0v) is 20.3. The van der Waals surface area contributed by atoms with E-state index in [1.165, 1.54) is 62.0 Å². The highest BCUT2D eigenvalue weighted by Gasteiger charge is 2.37. The molecule has 170 valence electrons. The normalized spacial score (nSPS) is 20.1. The summed E-state index contributed by atoms with van der Waals surface area (Å²) in [4.78, 5) is 2.68. The highest BCUT2D eigenvalue weighted by Crippen LogP contribution is 2.40. The van der Waals surface area contributed by atoms with E-state index in [2.05, 4.69) is 89.1 Å². The molecule has 0 bridgehead atoms. The molecule has 0 amide bonds. The van der Waals surface area contributed by atoms with Gasteiger partial charge in [-0.25, -0.2) is 0 Å². The van der Waals surface area contributed by atoms with E-state index < -0.39 is 0 Å². The Balaban J connectivity index is 0.00000144. The van der Waals surface area contributed by atoms with Gasteiger partial charge in [-0.05, 0) is 60.0 Å². The Kier molecular flexibility index (Phi) is 8.79. The average molecular weight is 470 g/mol. The maximum Gasteiger partial charge on any atom is 0.0331 e. The Bertz CT molecular complexity index is 964. The molecular formula is C28H34Cl2N2. The third-order valence-electron chi connectivity index (χ3n) is 7.19. The summed E-state index contributed by atoms with van der Waals surface area (Å²) in [6.07, 6.45) is 4.78. The van der Waals surface area contributed by atoms with Crippen LogP contribution in [0.5, 0.6) is 0 Å². The van der Waals surface area contributed by atoms with E-state index in [4.69, 9.17) is 0 Å². The number of rotatable bonds is 5. The van der Waals surface area contributed by atoms with Crippen molar-refractivity contribution < 1.29 is 0 Å². The van der Waals surface area contributed by atoms with E-state index in [9.17, 15) is 0 Å². The minimum atomic E-state index is 0. The van der Waals surface area contributed by atoms with Gasteiger partial charge in [-0.15, -0.1) is 24.8 Å². The predicted molar refractivity (Wildman–Crippen MR) is 139 cm³/mol. The largest absolute Gasteiger partial charge is 0.311 e. The molecule has 0 saturated carbocycles. The Morgan fingerprint density at radius 1 is 0.719 bits per heavy atom. The predicted octanol–water partition coefficient (Wildman–Crippen LogP) is 5.80. The molecule has 0 spiro atoms. The van der Waals surface area contributed by atoms with Gasteiger partial charge in [0, 0.05) is 31.6 Å². The number of hydrogen-bond acceptors (Lipinski definition) is 2. The fourth-order valence-electron chi connectivity index (χ4n) is 5.57. The number of hydrogen-bond donors (Lipinski definition) is 1. The molecule has 1 unspecified atom stereocenters. The summed E-state index contributed by atoms with van der Waals surface area (Å²) >= 11 is 0. The molecule has 2 nitrogen and oxygen atoms in total. The van der Waals surface area contributed by atoms with E-state index in [0.717, 1.165) is 13.1 Å². The third kappa shape index (κ3) is 5.05. The van der Waals surface area contributed by atoms with Crippen molar-refractivity contribution in [2.24, 2.45) is 0 Å². The number of fused-ring (bicyclic) bond motifs is 2. The first-order valence-electron chi connectivity index (χ1n) is 11.5. The van der Waals surface area contributed by atoms with E-state index in [-0.39, 0.29) is 30.2 Å². The van der Waals surface area contributed by atoms with Crippen LogP contribution in [0.15, 0.2) is 78.9 Å². The minimum absolute atomic E-state index is 0. The summed E-state index contributed by atoms with van der Waals surface area (Å²) in [5.74, 6) is 0. The smallest absolute Gasteiger partial charge is 0.0331 e. The fourth-order valence-corrected chi connectivity index (χ4v) is 5.57. The SMILES string of the molecule is Cl.Cl.c1ccc(C2(CCCN3CCc4ccccc4CC3)CNCc3ccccc32)cc1. The van der Waals surface area contributed by atoms with Gasteiger partial charge in [0.2, 0.25) is 0 Å². The van der Waals surface area contributed by atoms with Gasteiger partial charge in [-0.2, -0.15) is 0 Å². The van der Waals surface area contributed by atoms with Gasteiger partial charge in [0.1, 0.15) is 0 Å². The molecule has 1 N–H and O–H groups in total. The molecule has 0 aliphatic carbocycles. The molecule has 2 aliphatic rings. The zero-order chi connectivity index (χ0) is 20.2. The molecular weight excluding hydrogens is 435 g/mol. The van der Waals surface area contributed by atoms with Gasteiger partial charge in [-0.1, -0.05) is 78.9 Å². The topological polar surface area (TPSA) is 15.3 Å². The van der Waals surface area contributed by atoms with E-state index in [1.807, 2.05) is 0 Å². The van der Waals surface area contributed by atoms with Crippen LogP contribution < -0.4 is 5.32 Å². The van der Waals surface area contributed by atoms with Crippen molar-refractivity contribution in [3.8, 4) is 0 Å². The second kappa shape index (κ2) is 11.3. The number of nitrogens with zero attached hydrogens (tertiary/aromatic N) is 1. The molecule has 4 heteroatoms. The molecule has 0 aromatic heterocycles. The highest BCUT2D eigenvalue weighted by atomic mass is 35.5. The molecule has 0 radical (unpaired) electrons. The Labute approximate surface area is 205 Å². The van der Waals surface area contributed by atoms with E-state index in [1.54, 1.807) is 11.1 Å². The maximum atomic E-state index is 3.73. The lowest BCUT2D eigenvalue weighted by Gasteiger charge is -2.41. The fraction of sp³-hybridized carbons (Fsp3) is 0.357. The molecule has 32 heavy (non-hydrogen) atoms. The van der Waals surface area contributed by atoms with Gasteiger partial charge < -0.3 is 10.2 Å². The van der Waals surface area contributed by atoms with Gasteiger partial charge in [0.25, 0.3) is 0 Å². The van der Waals surface area contributed by atoms with Crippen LogP contribution in [-0.4, -0.2) is 31.1 Å². The van der Waals surface area contributed by atoms with Crippen LogP contribution in [0.25, 0.3) is 0 Å². The van der Waals surface area contributed by atoms with Gasteiger partial charge in [0.05, 0.1) is 0 Å². The first-order chi connectivity index (χ1) is 14.9. The summed E-state index contributed by atoms with van der Waals surface area (Å²) in [6, 6.07) is 29.2. The molecule has 2 aliphatic heterocycles. The Hall–Kier alpha value is -1.84. The van der Waals surface area contributed by atoms with Gasteiger partial charge in [0.15, 0.2) is 0 Å². The highest BCUT2D eigenvalue weighted by molar-refractivity contribution is 5.85. The number of benzene rings is 3. The van der Waals surface area contributed by atoms with E-state index >= 15 is 0 Å². The van der Waals surface area contributed by atoms with Gasteiger partial charge >= 0.3 is 0 Å². The molecule has 1 atom stereocenters. The van der Waals surface area contributed by atoms with Crippen molar-refractivity contribution in [2.75, 3.05) is 26.2 Å². The Morgan fingerprint density at radius 3 is 2.00 bits per heavy atom. The number of nitrogens with one attached hydrogen (secondary N) is 1. The molecule has 5 rings (SSSR count). The lowest BCUT2D eigenvalue weighted by molar-refractivity contribution is 0.266. The molecule has 0 fully saturated rings. The summed E-state index contributed by atoms with van der Waals surface area (Å²) in [5.41, 5.74) is 7.60. The average Bonchev–Trinajstić information content (AvgIpc) is 3.02. The molecule has 3 aromatic rings. The third-order valence-corrected chi connectivity index (χ3v) is 7.19. The second-order valence-electron chi connectivity index (χ2n) is 8.92. The summed E-state index contributed by atoms with van der Waals surface area (Å²) in [5, 5.41) is 3.73. The number of halogens is 2. The van der Waals surface area contributed by atoms with Crippen molar-refractivity contribution >= 4 is 24.8 Å². The van der Waals surface area contributed by atoms with Crippen LogP contribution in [0.3, 0.4) is 0 Å². The van der Waals surface area contributed by atoms with Crippen LogP contribution in [0, 0.1) is 0 Å². The summed E-state index contributed by atoms with van der Waals surface area (Å²) in [7, 11) is 0. The maximum absolute atomic E-state index is 3.73. The van der Waals surface area contributed by atoms with Crippen molar-refractivity contribution in [3.05, 3.63) is 107 Å². The van der Waals surface area contributed by atoms with Crippen LogP contribution in [0.4, 0.5) is 0 Å². The minimum Gasteiger partial charge on any atom is -0.311 e. The summed E-state index contributed by atoms with van der Waals surface area (Å²) in [6.45, 7) is 5.56. The van der Waals surface area contributed by atoms with Crippen molar-refractivity contribution in [1.29, 1.82) is 0 Å². The van der Waals surface area contributed by atoms with Crippen molar-refractivity contribution in [1.82, 2.24) is 10.2 Å². The lowest BCUT2D eigenvalue weighted by atomic mass is 9.68. The molecule has 2 heterocycles. The van der Waals surface area contributed by atoms with Crippen molar-refractivity contribution in [3.63, 3.8) is 0 Å². The standard InChI is InChI=1S/C28H32N2.2ClH/c1-2-12-26(13-3-1)28(22-29-21-25-11-6-7-14-27(25)28)17-8-18-30-19-15-23-9-4-5-10-24(23)16-20-30;;/h1-7,9-14,29H,8,15-22H2;2*1H. The first-order valence-corrected chi connectivity index (χ1v) is 11.5. The van der Waals surface area contributed by atoms with Crippen molar-refractivity contribution in [2.45, 2.75) is 37.6 Å². The van der Waals surface area contributed by atoms with Crippen LogP contribution >= 0.6 is 24.8 Å². The second-order valence-corrected chi connectivity index (χ2v) is 8.92.